The summed E-state index contributed by atoms with van der Waals surface area (Å²) in [6, 6.07) is 0.331. The number of thioether (sulfide) groups is 1. The quantitative estimate of drug-likeness (QED) is 0.798. The maximum atomic E-state index is 11.2. The number of hydrogen-bond donors (Lipinski definition) is 2. The fourth-order valence-electron chi connectivity index (χ4n) is 2.43. The van der Waals surface area contributed by atoms with Gasteiger partial charge in [0.05, 0.1) is 0 Å². The average molecular weight is 244 g/mol. The topological polar surface area (TPSA) is 41.1 Å². The molecule has 1 saturated carbocycles. The van der Waals surface area contributed by atoms with Gasteiger partial charge in [-0.2, -0.15) is 11.8 Å². The van der Waals surface area contributed by atoms with Crippen LogP contribution in [0.5, 0.6) is 0 Å². The summed E-state index contributed by atoms with van der Waals surface area (Å²) in [6.45, 7) is 4.61. The normalized spacial score (nSPS) is 25.5. The number of hydrogen-bond acceptors (Lipinski definition) is 2. The van der Waals surface area contributed by atoms with Crippen molar-refractivity contribution in [2.45, 2.75) is 50.3 Å². The zero-order valence-corrected chi connectivity index (χ0v) is 11.6. The zero-order valence-electron chi connectivity index (χ0n) is 10.8. The third-order valence-electron chi connectivity index (χ3n) is 3.44. The highest BCUT2D eigenvalue weighted by Crippen LogP contribution is 2.37. The van der Waals surface area contributed by atoms with Crippen molar-refractivity contribution >= 4 is 17.8 Å². The minimum Gasteiger partial charge on any atom is -0.341 e. The molecule has 0 heterocycles. The Balaban J connectivity index is 2.32. The van der Waals surface area contributed by atoms with Crippen molar-refractivity contribution in [2.24, 2.45) is 5.92 Å². The van der Waals surface area contributed by atoms with Crippen LogP contribution in [-0.4, -0.2) is 30.1 Å². The van der Waals surface area contributed by atoms with Gasteiger partial charge in [0.15, 0.2) is 0 Å². The lowest BCUT2D eigenvalue weighted by Crippen LogP contribution is -2.39. The van der Waals surface area contributed by atoms with Gasteiger partial charge in [0.25, 0.3) is 0 Å². The van der Waals surface area contributed by atoms with Crippen molar-refractivity contribution in [3.05, 3.63) is 0 Å². The van der Waals surface area contributed by atoms with E-state index in [-0.39, 0.29) is 6.03 Å². The first kappa shape index (κ1) is 13.7. The van der Waals surface area contributed by atoms with Gasteiger partial charge in [0, 0.05) is 17.8 Å². The maximum absolute atomic E-state index is 11.2. The molecule has 2 unspecified atom stereocenters. The third kappa shape index (κ3) is 4.24. The van der Waals surface area contributed by atoms with Crippen LogP contribution in [0.1, 0.15) is 39.5 Å². The first-order valence-electron chi connectivity index (χ1n) is 6.00. The van der Waals surface area contributed by atoms with Gasteiger partial charge in [-0.3, -0.25) is 0 Å². The minimum absolute atomic E-state index is 0.0465. The van der Waals surface area contributed by atoms with E-state index in [1.807, 2.05) is 11.8 Å². The molecule has 16 heavy (non-hydrogen) atoms. The molecule has 0 bridgehead atoms. The first-order chi connectivity index (χ1) is 7.46. The second-order valence-electron chi connectivity index (χ2n) is 5.27. The minimum atomic E-state index is -0.0465. The standard InChI is InChI=1S/C12H24N2OS/c1-12(2,16-4)8-9-5-6-10(7-9)14-11(15)13-3/h9-10H,5-8H2,1-4H3,(H2,13,14,15). The van der Waals surface area contributed by atoms with Crippen LogP contribution in [0.15, 0.2) is 0 Å². The van der Waals surface area contributed by atoms with Gasteiger partial charge in [0.2, 0.25) is 0 Å². The summed E-state index contributed by atoms with van der Waals surface area (Å²) in [7, 11) is 1.67. The van der Waals surface area contributed by atoms with Crippen molar-refractivity contribution in [1.82, 2.24) is 10.6 Å². The smallest absolute Gasteiger partial charge is 0.314 e. The van der Waals surface area contributed by atoms with Crippen molar-refractivity contribution < 1.29 is 4.79 Å². The molecule has 2 atom stereocenters. The van der Waals surface area contributed by atoms with Crippen LogP contribution < -0.4 is 10.6 Å². The van der Waals surface area contributed by atoms with Crippen molar-refractivity contribution in [1.29, 1.82) is 0 Å². The molecule has 0 aromatic carbocycles. The molecule has 1 fully saturated rings. The number of rotatable bonds is 4. The van der Waals surface area contributed by atoms with Crippen LogP contribution in [0.4, 0.5) is 4.79 Å². The first-order valence-corrected chi connectivity index (χ1v) is 7.22. The monoisotopic (exact) mass is 244 g/mol. The Morgan fingerprint density at radius 1 is 1.44 bits per heavy atom. The molecule has 3 nitrogen and oxygen atoms in total. The highest BCUT2D eigenvalue weighted by molar-refractivity contribution is 7.99. The van der Waals surface area contributed by atoms with Crippen LogP contribution in [-0.2, 0) is 0 Å². The van der Waals surface area contributed by atoms with Crippen LogP contribution in [0.3, 0.4) is 0 Å². The summed E-state index contributed by atoms with van der Waals surface area (Å²) in [5, 5.41) is 5.62. The van der Waals surface area contributed by atoms with Crippen molar-refractivity contribution in [3.63, 3.8) is 0 Å². The van der Waals surface area contributed by atoms with Gasteiger partial charge in [-0.15, -0.1) is 0 Å². The Morgan fingerprint density at radius 2 is 2.12 bits per heavy atom. The molecule has 2 amide bonds. The summed E-state index contributed by atoms with van der Waals surface area (Å²) < 4.78 is 0.368. The number of amides is 2. The Kier molecular flexibility index (Phi) is 4.96. The van der Waals surface area contributed by atoms with E-state index >= 15 is 0 Å². The Labute approximate surface area is 103 Å². The molecule has 0 spiro atoms. The fourth-order valence-corrected chi connectivity index (χ4v) is 2.83. The van der Waals surface area contributed by atoms with Gasteiger partial charge >= 0.3 is 6.03 Å². The van der Waals surface area contributed by atoms with E-state index < -0.39 is 0 Å². The Morgan fingerprint density at radius 3 is 2.69 bits per heavy atom. The van der Waals surface area contributed by atoms with Gasteiger partial charge in [-0.1, -0.05) is 13.8 Å². The Bertz CT molecular complexity index is 243. The van der Waals surface area contributed by atoms with E-state index in [1.165, 1.54) is 12.8 Å². The molecule has 1 aliphatic carbocycles. The predicted molar refractivity (Wildman–Crippen MR) is 70.9 cm³/mol. The number of urea groups is 1. The van der Waals surface area contributed by atoms with Gasteiger partial charge in [-0.25, -0.2) is 4.79 Å². The second kappa shape index (κ2) is 5.80. The van der Waals surface area contributed by atoms with E-state index in [2.05, 4.69) is 30.7 Å². The van der Waals surface area contributed by atoms with Crippen molar-refractivity contribution in [2.75, 3.05) is 13.3 Å². The molecule has 94 valence electrons. The second-order valence-corrected chi connectivity index (χ2v) is 6.78. The number of nitrogens with one attached hydrogen (secondary N) is 2. The van der Waals surface area contributed by atoms with E-state index in [0.717, 1.165) is 18.8 Å². The molecule has 4 heteroatoms. The summed E-state index contributed by atoms with van der Waals surface area (Å²) in [5.41, 5.74) is 0. The highest BCUT2D eigenvalue weighted by Gasteiger charge is 2.30. The SMILES string of the molecule is CNC(=O)NC1CCC(CC(C)(C)SC)C1. The fraction of sp³-hybridized carbons (Fsp3) is 0.917. The molecular weight excluding hydrogens is 220 g/mol. The number of carbonyl (C=O) groups excluding carboxylic acids is 1. The lowest BCUT2D eigenvalue weighted by molar-refractivity contribution is 0.238. The highest BCUT2D eigenvalue weighted by atomic mass is 32.2. The van der Waals surface area contributed by atoms with Crippen LogP contribution in [0.2, 0.25) is 0 Å². The van der Waals surface area contributed by atoms with E-state index in [4.69, 9.17) is 0 Å². The lowest BCUT2D eigenvalue weighted by Gasteiger charge is -2.25. The van der Waals surface area contributed by atoms with E-state index in [9.17, 15) is 4.79 Å². The molecule has 0 aromatic rings. The van der Waals surface area contributed by atoms with Crippen LogP contribution >= 0.6 is 11.8 Å². The largest absolute Gasteiger partial charge is 0.341 e. The molecule has 1 rings (SSSR count). The molecule has 2 N–H and O–H groups in total. The van der Waals surface area contributed by atoms with E-state index in [0.29, 0.717) is 10.8 Å². The lowest BCUT2D eigenvalue weighted by atomic mass is 9.95. The van der Waals surface area contributed by atoms with Gasteiger partial charge in [0.1, 0.15) is 0 Å². The molecule has 0 aliphatic heterocycles. The van der Waals surface area contributed by atoms with Crippen LogP contribution in [0, 0.1) is 5.92 Å². The Hall–Kier alpha value is -0.380. The van der Waals surface area contributed by atoms with Crippen LogP contribution in [0.25, 0.3) is 0 Å². The molecule has 0 saturated heterocycles. The zero-order chi connectivity index (χ0) is 12.2. The summed E-state index contributed by atoms with van der Waals surface area (Å²) in [6.07, 6.45) is 6.94. The summed E-state index contributed by atoms with van der Waals surface area (Å²) >= 11 is 1.93. The summed E-state index contributed by atoms with van der Waals surface area (Å²) in [5.74, 6) is 0.768. The molecule has 1 aliphatic rings. The molecule has 0 aromatic heterocycles. The third-order valence-corrected chi connectivity index (χ3v) is 4.71. The van der Waals surface area contributed by atoms with Gasteiger partial charge in [-0.05, 0) is 37.9 Å². The molecule has 0 radical (unpaired) electrons. The average Bonchev–Trinajstić information content (AvgIpc) is 2.64. The van der Waals surface area contributed by atoms with Gasteiger partial charge < -0.3 is 10.6 Å². The predicted octanol–water partition coefficient (Wildman–Crippen LogP) is 2.62. The number of carbonyl (C=O) groups is 1. The maximum Gasteiger partial charge on any atom is 0.314 e. The summed E-state index contributed by atoms with van der Waals surface area (Å²) in [4.78, 5) is 11.2. The van der Waals surface area contributed by atoms with Crippen molar-refractivity contribution in [3.8, 4) is 0 Å². The van der Waals surface area contributed by atoms with E-state index in [1.54, 1.807) is 7.05 Å². The molecular formula is C12H24N2OS.